The van der Waals surface area contributed by atoms with Crippen molar-refractivity contribution < 1.29 is 88.2 Å². The van der Waals surface area contributed by atoms with E-state index < -0.39 is 176 Å². The number of carbonyl (C=O) groups excluding carboxylic acids is 9. The van der Waals surface area contributed by atoms with Crippen molar-refractivity contribution in [3.8, 4) is 17.2 Å². The first kappa shape index (κ1) is 64.2. The van der Waals surface area contributed by atoms with E-state index in [1.54, 1.807) is 44.2 Å². The van der Waals surface area contributed by atoms with E-state index in [2.05, 4.69) is 47.9 Å². The number of carboxylic acids is 3. The summed E-state index contributed by atoms with van der Waals surface area (Å²) in [4.78, 5) is 162. The number of aromatic hydroxyl groups is 3. The molecule has 27 heteroatoms. The van der Waals surface area contributed by atoms with Crippen LogP contribution in [-0.4, -0.2) is 157 Å². The summed E-state index contributed by atoms with van der Waals surface area (Å²) in [6.07, 6.45) is -5.17. The normalized spacial score (nSPS) is 21.3. The SMILES string of the molecule is CC(C)C[C@@H]1NC(=O)CNC(=O)[C@H](CCC(=O)O)NC(=O)[C@H](CC(=O)O)NC(=O)[C@H](CCc2ccccc2)NC(=O)[C@H](Cc2ccc(O)cc2)NC(=O)CC[C@@H](C(=O)NCCc2ccc(O)c(O)c2)NC(=O)[C@H](CCC(=O)O)NC1=O. The zero-order chi connectivity index (χ0) is 59.8. The first-order valence-corrected chi connectivity index (χ1v) is 26.0. The number of hydrogen-bond acceptors (Lipinski definition) is 15. The van der Waals surface area contributed by atoms with Crippen molar-refractivity contribution in [3.63, 3.8) is 0 Å². The van der Waals surface area contributed by atoms with Gasteiger partial charge in [0.25, 0.3) is 0 Å². The highest BCUT2D eigenvalue weighted by atomic mass is 16.4. The molecule has 0 aliphatic carbocycles. The summed E-state index contributed by atoms with van der Waals surface area (Å²) in [5.41, 5.74) is 1.54. The Hall–Kier alpha value is -9.30. The molecule has 3 aromatic carbocycles. The van der Waals surface area contributed by atoms with Crippen molar-refractivity contribution in [2.24, 2.45) is 5.92 Å². The second-order valence-corrected chi connectivity index (χ2v) is 19.7. The fourth-order valence-electron chi connectivity index (χ4n) is 8.35. The number of phenolic OH excluding ortho intramolecular Hbond substituents is 3. The Balaban J connectivity index is 1.81. The summed E-state index contributed by atoms with van der Waals surface area (Å²) in [5, 5.41) is 80.6. The van der Waals surface area contributed by atoms with Gasteiger partial charge in [-0.3, -0.25) is 57.5 Å². The molecular weight excluding hydrogens is 1060 g/mol. The number of amides is 9. The fraction of sp³-hybridized carbons (Fsp3) is 0.444. The van der Waals surface area contributed by atoms with Crippen LogP contribution in [0.2, 0.25) is 0 Å². The van der Waals surface area contributed by atoms with Crippen LogP contribution in [0.4, 0.5) is 0 Å². The number of carboxylic acid groups (broad SMARTS) is 3. The van der Waals surface area contributed by atoms with Crippen molar-refractivity contribution in [3.05, 3.63) is 89.5 Å². The summed E-state index contributed by atoms with van der Waals surface area (Å²) in [5.74, 6) is -15.1. The number of carbonyl (C=O) groups is 12. The van der Waals surface area contributed by atoms with E-state index in [4.69, 9.17) is 0 Å². The molecule has 0 radical (unpaired) electrons. The maximum atomic E-state index is 14.5. The van der Waals surface area contributed by atoms with Crippen LogP contribution >= 0.6 is 0 Å². The second-order valence-electron chi connectivity index (χ2n) is 19.7. The van der Waals surface area contributed by atoms with Gasteiger partial charge in [-0.05, 0) is 91.8 Å². The quantitative estimate of drug-likeness (QED) is 0.0633. The highest BCUT2D eigenvalue weighted by Gasteiger charge is 2.35. The number of aliphatic carboxylic acids is 3. The van der Waals surface area contributed by atoms with Crippen molar-refractivity contribution in [1.29, 1.82) is 0 Å². The molecule has 1 saturated heterocycles. The lowest BCUT2D eigenvalue weighted by Crippen LogP contribution is -2.59. The monoisotopic (exact) mass is 1130 g/mol. The summed E-state index contributed by atoms with van der Waals surface area (Å²) in [6.45, 7) is 2.33. The van der Waals surface area contributed by atoms with Gasteiger partial charge in [0, 0.05) is 32.2 Å². The van der Waals surface area contributed by atoms with Crippen molar-refractivity contribution >= 4 is 71.1 Å². The predicted molar refractivity (Wildman–Crippen MR) is 284 cm³/mol. The largest absolute Gasteiger partial charge is 0.508 e. The third-order valence-corrected chi connectivity index (χ3v) is 12.6. The zero-order valence-electron chi connectivity index (χ0n) is 44.5. The third-order valence-electron chi connectivity index (χ3n) is 12.6. The number of rotatable bonds is 19. The molecule has 7 atom stereocenters. The Kier molecular flexibility index (Phi) is 25.3. The molecule has 9 amide bonds. The molecule has 0 bridgehead atoms. The Morgan fingerprint density at radius 1 is 0.531 bits per heavy atom. The van der Waals surface area contributed by atoms with Crippen LogP contribution in [0.3, 0.4) is 0 Å². The molecule has 15 N–H and O–H groups in total. The van der Waals surface area contributed by atoms with Gasteiger partial charge in [0.2, 0.25) is 53.2 Å². The average molecular weight is 1130 g/mol. The molecule has 1 fully saturated rings. The lowest BCUT2D eigenvalue weighted by molar-refractivity contribution is -0.141. The second kappa shape index (κ2) is 31.9. The lowest BCUT2D eigenvalue weighted by atomic mass is 10.0. The van der Waals surface area contributed by atoms with Gasteiger partial charge in [0.15, 0.2) is 11.5 Å². The van der Waals surface area contributed by atoms with Crippen molar-refractivity contribution in [2.75, 3.05) is 13.1 Å². The summed E-state index contributed by atoms with van der Waals surface area (Å²) >= 11 is 0. The van der Waals surface area contributed by atoms with E-state index in [-0.39, 0.29) is 50.3 Å². The number of nitrogens with one attached hydrogen (secondary N) is 9. The van der Waals surface area contributed by atoms with Crippen LogP contribution in [0.5, 0.6) is 17.2 Å². The van der Waals surface area contributed by atoms with Gasteiger partial charge in [-0.1, -0.05) is 62.4 Å². The number of benzene rings is 3. The predicted octanol–water partition coefficient (Wildman–Crippen LogP) is -1.11. The number of hydrogen-bond donors (Lipinski definition) is 15. The first-order valence-electron chi connectivity index (χ1n) is 26.0. The maximum absolute atomic E-state index is 14.5. The lowest BCUT2D eigenvalue weighted by Gasteiger charge is -2.27. The van der Waals surface area contributed by atoms with Crippen LogP contribution in [0.15, 0.2) is 72.8 Å². The summed E-state index contributed by atoms with van der Waals surface area (Å²) in [6, 6.07) is 6.41. The molecule has 81 heavy (non-hydrogen) atoms. The fourth-order valence-corrected chi connectivity index (χ4v) is 8.35. The number of aryl methyl sites for hydroxylation is 1. The van der Waals surface area contributed by atoms with Crippen LogP contribution in [-0.2, 0) is 76.8 Å². The highest BCUT2D eigenvalue weighted by molar-refractivity contribution is 5.98. The van der Waals surface area contributed by atoms with Gasteiger partial charge in [-0.15, -0.1) is 0 Å². The molecule has 438 valence electrons. The standard InChI is InChI=1S/C54H69N9O18/c1-29(2)24-38-52(79)62-37(17-21-46(71)72)50(77)59-34(48(75)55-23-22-32-11-18-41(65)42(66)26-32)15-19-43(67)57-39(25-31-8-12-33(64)13-9-31)53(80)61-36(14-10-30-6-4-3-5-7-30)51(78)63-40(27-47(73)74)54(81)60-35(16-20-45(69)70)49(76)56-28-44(68)58-38/h3-9,11-13,18,26,29,34-40,64-66H,10,14-17,19-25,27-28H2,1-2H3,(H,55,75)(H,56,76)(H,57,67)(H,58,68)(H,59,77)(H,60,81)(H,61,80)(H,62,79)(H,63,78)(H,69,70)(H,71,72)(H,73,74)/t34-,35-,36-,37-,38-,39-,40-/m0/s1. The summed E-state index contributed by atoms with van der Waals surface area (Å²) in [7, 11) is 0. The smallest absolute Gasteiger partial charge is 0.305 e. The van der Waals surface area contributed by atoms with Gasteiger partial charge < -0.3 is 78.5 Å². The van der Waals surface area contributed by atoms with E-state index in [9.17, 15) is 88.2 Å². The minimum absolute atomic E-state index is 0.0851. The molecule has 1 aliphatic rings. The van der Waals surface area contributed by atoms with E-state index in [0.717, 1.165) is 0 Å². The molecule has 0 spiro atoms. The molecule has 0 unspecified atom stereocenters. The van der Waals surface area contributed by atoms with Gasteiger partial charge in [0.1, 0.15) is 48.0 Å². The molecule has 1 aliphatic heterocycles. The van der Waals surface area contributed by atoms with Crippen LogP contribution in [0, 0.1) is 5.92 Å². The topological polar surface area (TPSA) is 434 Å². The molecule has 0 saturated carbocycles. The van der Waals surface area contributed by atoms with Crippen molar-refractivity contribution in [2.45, 2.75) is 133 Å². The van der Waals surface area contributed by atoms with Crippen LogP contribution in [0.1, 0.15) is 88.3 Å². The Morgan fingerprint density at radius 3 is 1.65 bits per heavy atom. The van der Waals surface area contributed by atoms with E-state index >= 15 is 0 Å². The van der Waals surface area contributed by atoms with Crippen LogP contribution < -0.4 is 47.9 Å². The third kappa shape index (κ3) is 22.9. The maximum Gasteiger partial charge on any atom is 0.305 e. The first-order chi connectivity index (χ1) is 38.4. The van der Waals surface area contributed by atoms with Gasteiger partial charge >= 0.3 is 17.9 Å². The average Bonchev–Trinajstić information content (AvgIpc) is 3.41. The summed E-state index contributed by atoms with van der Waals surface area (Å²) < 4.78 is 0. The molecule has 3 aromatic rings. The van der Waals surface area contributed by atoms with Crippen molar-refractivity contribution in [1.82, 2.24) is 47.9 Å². The molecule has 1 heterocycles. The molecule has 0 aromatic heterocycles. The van der Waals surface area contributed by atoms with Gasteiger partial charge in [-0.2, -0.15) is 0 Å². The minimum Gasteiger partial charge on any atom is -0.508 e. The molecule has 27 nitrogen and oxygen atoms in total. The van der Waals surface area contributed by atoms with E-state index in [1.165, 1.54) is 42.5 Å². The van der Waals surface area contributed by atoms with Gasteiger partial charge in [0.05, 0.1) is 13.0 Å². The van der Waals surface area contributed by atoms with Crippen LogP contribution in [0.25, 0.3) is 0 Å². The molecular formula is C54H69N9O18. The zero-order valence-corrected chi connectivity index (χ0v) is 44.5. The Bertz CT molecular complexity index is 2740. The number of phenols is 3. The minimum atomic E-state index is -1.97. The van der Waals surface area contributed by atoms with E-state index in [0.29, 0.717) is 16.7 Å². The highest BCUT2D eigenvalue weighted by Crippen LogP contribution is 2.25. The molecule has 4 rings (SSSR count). The Labute approximate surface area is 464 Å². The van der Waals surface area contributed by atoms with E-state index in [1.807, 2.05) is 0 Å². The Morgan fingerprint density at radius 2 is 1.06 bits per heavy atom. The van der Waals surface area contributed by atoms with Gasteiger partial charge in [-0.25, -0.2) is 0 Å².